The van der Waals surface area contributed by atoms with Gasteiger partial charge in [-0.3, -0.25) is 0 Å². The number of nitrogen functional groups attached to an aromatic ring is 1. The van der Waals surface area contributed by atoms with Crippen LogP contribution in [0.5, 0.6) is 5.75 Å². The van der Waals surface area contributed by atoms with Gasteiger partial charge in [0.25, 0.3) is 0 Å². The molecule has 1 unspecified atom stereocenters. The molecule has 94 valence electrons. The fourth-order valence-electron chi connectivity index (χ4n) is 2.14. The molecule has 0 saturated heterocycles. The Morgan fingerprint density at radius 3 is 2.76 bits per heavy atom. The highest BCUT2D eigenvalue weighted by molar-refractivity contribution is 5.59. The SMILES string of the molecule is CCC(CC1CC1)Nc1cc(N)cc(OC)c1. The summed E-state index contributed by atoms with van der Waals surface area (Å²) >= 11 is 0. The first-order valence-electron chi connectivity index (χ1n) is 6.42. The Morgan fingerprint density at radius 2 is 2.18 bits per heavy atom. The van der Waals surface area contributed by atoms with Crippen LogP contribution in [0.15, 0.2) is 18.2 Å². The summed E-state index contributed by atoms with van der Waals surface area (Å²) < 4.78 is 5.22. The highest BCUT2D eigenvalue weighted by atomic mass is 16.5. The summed E-state index contributed by atoms with van der Waals surface area (Å²) in [5.41, 5.74) is 7.65. The van der Waals surface area contributed by atoms with Gasteiger partial charge in [0, 0.05) is 29.5 Å². The van der Waals surface area contributed by atoms with Crippen LogP contribution in [0.25, 0.3) is 0 Å². The molecular formula is C14H22N2O. The van der Waals surface area contributed by atoms with Crippen molar-refractivity contribution in [2.24, 2.45) is 5.92 Å². The van der Waals surface area contributed by atoms with Crippen LogP contribution in [-0.2, 0) is 0 Å². The van der Waals surface area contributed by atoms with E-state index in [1.165, 1.54) is 19.3 Å². The van der Waals surface area contributed by atoms with Crippen LogP contribution in [0, 0.1) is 5.92 Å². The molecule has 0 amide bonds. The molecule has 1 aromatic rings. The maximum atomic E-state index is 5.85. The van der Waals surface area contributed by atoms with Crippen molar-refractivity contribution in [3.05, 3.63) is 18.2 Å². The summed E-state index contributed by atoms with van der Waals surface area (Å²) in [6.45, 7) is 2.23. The second-order valence-electron chi connectivity index (χ2n) is 4.92. The van der Waals surface area contributed by atoms with E-state index in [9.17, 15) is 0 Å². The van der Waals surface area contributed by atoms with Crippen LogP contribution in [0.3, 0.4) is 0 Å². The van der Waals surface area contributed by atoms with E-state index in [0.717, 1.165) is 29.5 Å². The van der Waals surface area contributed by atoms with Crippen molar-refractivity contribution < 1.29 is 4.74 Å². The fraction of sp³-hybridized carbons (Fsp3) is 0.571. The van der Waals surface area contributed by atoms with Crippen molar-refractivity contribution in [2.45, 2.75) is 38.6 Å². The number of anilines is 2. The molecule has 1 aliphatic carbocycles. The number of nitrogens with one attached hydrogen (secondary N) is 1. The van der Waals surface area contributed by atoms with Crippen LogP contribution in [0.2, 0.25) is 0 Å². The first-order valence-corrected chi connectivity index (χ1v) is 6.42. The van der Waals surface area contributed by atoms with E-state index in [1.807, 2.05) is 18.2 Å². The van der Waals surface area contributed by atoms with Gasteiger partial charge in [-0.1, -0.05) is 19.8 Å². The molecule has 0 heterocycles. The van der Waals surface area contributed by atoms with Crippen molar-refractivity contribution >= 4 is 11.4 Å². The lowest BCUT2D eigenvalue weighted by atomic mass is 10.1. The van der Waals surface area contributed by atoms with E-state index >= 15 is 0 Å². The van der Waals surface area contributed by atoms with Crippen LogP contribution in [0.4, 0.5) is 11.4 Å². The Hall–Kier alpha value is -1.38. The van der Waals surface area contributed by atoms with Crippen molar-refractivity contribution in [2.75, 3.05) is 18.2 Å². The Kier molecular flexibility index (Phi) is 3.77. The molecule has 0 radical (unpaired) electrons. The van der Waals surface area contributed by atoms with E-state index in [0.29, 0.717) is 6.04 Å². The zero-order valence-corrected chi connectivity index (χ0v) is 10.7. The number of hydrogen-bond donors (Lipinski definition) is 2. The second kappa shape index (κ2) is 5.30. The van der Waals surface area contributed by atoms with Gasteiger partial charge >= 0.3 is 0 Å². The first kappa shape index (κ1) is 12.1. The highest BCUT2D eigenvalue weighted by Crippen LogP contribution is 2.35. The Balaban J connectivity index is 2.01. The number of nitrogens with two attached hydrogens (primary N) is 1. The van der Waals surface area contributed by atoms with Gasteiger partial charge < -0.3 is 15.8 Å². The first-order chi connectivity index (χ1) is 8.21. The normalized spacial score (nSPS) is 16.6. The van der Waals surface area contributed by atoms with Crippen LogP contribution >= 0.6 is 0 Å². The summed E-state index contributed by atoms with van der Waals surface area (Å²) in [6.07, 6.45) is 5.22. The molecular weight excluding hydrogens is 212 g/mol. The number of hydrogen-bond acceptors (Lipinski definition) is 3. The lowest BCUT2D eigenvalue weighted by molar-refractivity contribution is 0.415. The lowest BCUT2D eigenvalue weighted by Gasteiger charge is -2.19. The summed E-state index contributed by atoms with van der Waals surface area (Å²) in [5, 5.41) is 3.56. The predicted molar refractivity (Wildman–Crippen MR) is 72.4 cm³/mol. The van der Waals surface area contributed by atoms with Gasteiger partial charge in [-0.25, -0.2) is 0 Å². The highest BCUT2D eigenvalue weighted by Gasteiger charge is 2.24. The average molecular weight is 234 g/mol. The predicted octanol–water partition coefficient (Wildman–Crippen LogP) is 3.27. The molecule has 2 rings (SSSR count). The zero-order chi connectivity index (χ0) is 12.3. The van der Waals surface area contributed by atoms with Crippen LogP contribution in [0.1, 0.15) is 32.6 Å². The van der Waals surface area contributed by atoms with Gasteiger partial charge in [-0.05, 0) is 24.8 Å². The Bertz CT molecular complexity index is 374. The third kappa shape index (κ3) is 3.55. The fourth-order valence-corrected chi connectivity index (χ4v) is 2.14. The third-order valence-corrected chi connectivity index (χ3v) is 3.34. The maximum Gasteiger partial charge on any atom is 0.122 e. The summed E-state index contributed by atoms with van der Waals surface area (Å²) in [7, 11) is 1.67. The van der Waals surface area contributed by atoms with Crippen LogP contribution < -0.4 is 15.8 Å². The van der Waals surface area contributed by atoms with E-state index in [1.54, 1.807) is 7.11 Å². The number of methoxy groups -OCH3 is 1. The molecule has 0 aliphatic heterocycles. The largest absolute Gasteiger partial charge is 0.497 e. The van der Waals surface area contributed by atoms with Crippen molar-refractivity contribution in [3.63, 3.8) is 0 Å². The smallest absolute Gasteiger partial charge is 0.122 e. The van der Waals surface area contributed by atoms with Gasteiger partial charge in [0.05, 0.1) is 7.11 Å². The van der Waals surface area contributed by atoms with Gasteiger partial charge in [0.15, 0.2) is 0 Å². The molecule has 1 fully saturated rings. The minimum absolute atomic E-state index is 0.550. The molecule has 1 saturated carbocycles. The summed E-state index contributed by atoms with van der Waals surface area (Å²) in [6, 6.07) is 6.37. The molecule has 1 atom stereocenters. The van der Waals surface area contributed by atoms with Gasteiger partial charge in [0.2, 0.25) is 0 Å². The zero-order valence-electron chi connectivity index (χ0n) is 10.7. The molecule has 1 aromatic carbocycles. The molecule has 0 aromatic heterocycles. The molecule has 1 aliphatic rings. The van der Waals surface area contributed by atoms with Crippen LogP contribution in [-0.4, -0.2) is 13.2 Å². The third-order valence-electron chi connectivity index (χ3n) is 3.34. The second-order valence-corrected chi connectivity index (χ2v) is 4.92. The van der Waals surface area contributed by atoms with Gasteiger partial charge in [-0.2, -0.15) is 0 Å². The quantitative estimate of drug-likeness (QED) is 0.743. The molecule has 17 heavy (non-hydrogen) atoms. The molecule has 3 N–H and O–H groups in total. The average Bonchev–Trinajstić information content (AvgIpc) is 3.11. The minimum atomic E-state index is 0.550. The van der Waals surface area contributed by atoms with Crippen molar-refractivity contribution in [3.8, 4) is 5.75 Å². The molecule has 0 spiro atoms. The minimum Gasteiger partial charge on any atom is -0.497 e. The number of benzene rings is 1. The number of ether oxygens (including phenoxy) is 1. The standard InChI is InChI=1S/C14H22N2O/c1-3-12(6-10-4-5-10)16-13-7-11(15)8-14(9-13)17-2/h7-10,12,16H,3-6,15H2,1-2H3. The molecule has 3 heteroatoms. The maximum absolute atomic E-state index is 5.85. The van der Waals surface area contributed by atoms with Gasteiger partial charge in [0.1, 0.15) is 5.75 Å². The Labute approximate surface area is 103 Å². The monoisotopic (exact) mass is 234 g/mol. The topological polar surface area (TPSA) is 47.3 Å². The molecule has 0 bridgehead atoms. The summed E-state index contributed by atoms with van der Waals surface area (Å²) in [5.74, 6) is 1.75. The van der Waals surface area contributed by atoms with Crippen molar-refractivity contribution in [1.29, 1.82) is 0 Å². The number of rotatable bonds is 6. The van der Waals surface area contributed by atoms with E-state index in [4.69, 9.17) is 10.5 Å². The van der Waals surface area contributed by atoms with Crippen molar-refractivity contribution in [1.82, 2.24) is 0 Å². The Morgan fingerprint density at radius 1 is 1.41 bits per heavy atom. The molecule has 3 nitrogen and oxygen atoms in total. The summed E-state index contributed by atoms with van der Waals surface area (Å²) in [4.78, 5) is 0. The van der Waals surface area contributed by atoms with Gasteiger partial charge in [-0.15, -0.1) is 0 Å². The lowest BCUT2D eigenvalue weighted by Crippen LogP contribution is -2.19. The van der Waals surface area contributed by atoms with E-state index < -0.39 is 0 Å². The van der Waals surface area contributed by atoms with E-state index in [-0.39, 0.29) is 0 Å². The van der Waals surface area contributed by atoms with E-state index in [2.05, 4.69) is 12.2 Å².